The first-order valence-electron chi connectivity index (χ1n) is 15.7. The molecule has 10 nitrogen and oxygen atoms in total. The zero-order valence-corrected chi connectivity index (χ0v) is 34.6. The fourth-order valence-corrected chi connectivity index (χ4v) is 5.84. The molecule has 0 aliphatic rings. The Balaban J connectivity index is 0.000000280. The number of hydroxylamine groups is 2. The molecule has 4 aromatic rings. The number of halogens is 6. The maximum absolute atomic E-state index is 14.0. The molecule has 4 rings (SSSR count). The molecule has 0 aliphatic heterocycles. The second-order valence-corrected chi connectivity index (χ2v) is 15.3. The van der Waals surface area contributed by atoms with Crippen molar-refractivity contribution >= 4 is 103 Å². The van der Waals surface area contributed by atoms with Crippen molar-refractivity contribution in [3.05, 3.63) is 112 Å². The number of hydrogen-bond acceptors (Lipinski definition) is 8. The van der Waals surface area contributed by atoms with Gasteiger partial charge in [0.2, 0.25) is 0 Å². The van der Waals surface area contributed by atoms with E-state index in [-0.39, 0.29) is 45.8 Å². The second kappa shape index (κ2) is 20.0. The fourth-order valence-electron chi connectivity index (χ4n) is 4.21. The van der Waals surface area contributed by atoms with Gasteiger partial charge >= 0.3 is 0 Å². The van der Waals surface area contributed by atoms with Crippen LogP contribution in [0.4, 0.5) is 31.5 Å². The van der Waals surface area contributed by atoms with E-state index in [9.17, 15) is 23.5 Å². The number of benzene rings is 4. The number of hydrogen-bond donors (Lipinski definition) is 6. The van der Waals surface area contributed by atoms with Crippen LogP contribution >= 0.6 is 68.4 Å². The lowest BCUT2D eigenvalue weighted by Gasteiger charge is -2.22. The molecule has 0 saturated heterocycles. The Labute approximate surface area is 338 Å². The number of rotatable bonds is 13. The molecule has 1 atom stereocenters. The smallest absolute Gasteiger partial charge is 0.277 e. The molecule has 6 N–H and O–H groups in total. The summed E-state index contributed by atoms with van der Waals surface area (Å²) in [6, 6.07) is 16.2. The number of anilines is 4. The molecule has 0 aromatic heterocycles. The van der Waals surface area contributed by atoms with Crippen LogP contribution in [0.15, 0.2) is 60.7 Å². The van der Waals surface area contributed by atoms with Gasteiger partial charge in [0.05, 0.1) is 45.8 Å². The van der Waals surface area contributed by atoms with E-state index in [1.165, 1.54) is 12.1 Å². The lowest BCUT2D eigenvalue weighted by molar-refractivity contribution is -0.0956. The Hall–Kier alpha value is -2.84. The molecular formula is C36H38Cl2F2I2N4O6. The van der Waals surface area contributed by atoms with Crippen LogP contribution < -0.4 is 21.6 Å². The molecule has 0 saturated carbocycles. The number of aliphatic hydroxyl groups excluding tert-OH is 2. The molecule has 16 heteroatoms. The van der Waals surface area contributed by atoms with Crippen LogP contribution in [0.5, 0.6) is 0 Å². The molecule has 2 amide bonds. The maximum Gasteiger partial charge on any atom is 0.277 e. The summed E-state index contributed by atoms with van der Waals surface area (Å²) in [5.74, 6) is -2.49. The first kappa shape index (κ1) is 43.6. The first-order chi connectivity index (χ1) is 24.5. The van der Waals surface area contributed by atoms with Crippen molar-refractivity contribution in [3.63, 3.8) is 0 Å². The molecular weight excluding hydrogens is 947 g/mol. The van der Waals surface area contributed by atoms with Gasteiger partial charge in [-0.05, 0) is 151 Å². The van der Waals surface area contributed by atoms with Gasteiger partial charge in [0.15, 0.2) is 0 Å². The van der Waals surface area contributed by atoms with Gasteiger partial charge in [0.1, 0.15) is 23.3 Å². The Morgan fingerprint density at radius 3 is 1.60 bits per heavy atom. The molecule has 4 aromatic carbocycles. The predicted molar refractivity (Wildman–Crippen MR) is 217 cm³/mol. The molecule has 0 fully saturated rings. The van der Waals surface area contributed by atoms with Crippen molar-refractivity contribution in [1.29, 1.82) is 0 Å². The summed E-state index contributed by atoms with van der Waals surface area (Å²) in [5, 5.41) is 24.1. The summed E-state index contributed by atoms with van der Waals surface area (Å²) in [6.07, 6.45) is -0.00167. The predicted octanol–water partition coefficient (Wildman–Crippen LogP) is 9.14. The number of aliphatic hydroxyl groups is 2. The van der Waals surface area contributed by atoms with Crippen molar-refractivity contribution in [1.82, 2.24) is 11.0 Å². The average Bonchev–Trinajstić information content (AvgIpc) is 3.09. The average molecular weight is 985 g/mol. The lowest BCUT2D eigenvalue weighted by atomic mass is 10.1. The highest BCUT2D eigenvalue weighted by Gasteiger charge is 2.22. The zero-order chi connectivity index (χ0) is 38.7. The number of nitrogens with one attached hydrogen (secondary N) is 4. The summed E-state index contributed by atoms with van der Waals surface area (Å²) >= 11 is 16.1. The van der Waals surface area contributed by atoms with Gasteiger partial charge in [-0.25, -0.2) is 19.7 Å². The van der Waals surface area contributed by atoms with Crippen LogP contribution in [-0.4, -0.2) is 46.9 Å². The SMILES string of the molecule is CCC(CO)ONC(=O)c1cc(Cl)c(F)cc1Nc1ccc(I)cc1C.Cc1cc(I)ccc1Nc1cc(F)c(Cl)cc1C(=O)NOC(C)(C)CO. The zero-order valence-electron chi connectivity index (χ0n) is 28.8. The van der Waals surface area contributed by atoms with E-state index in [0.717, 1.165) is 41.8 Å². The molecule has 0 heterocycles. The van der Waals surface area contributed by atoms with Crippen LogP contribution in [0.3, 0.4) is 0 Å². The van der Waals surface area contributed by atoms with Gasteiger partial charge in [0.25, 0.3) is 11.8 Å². The van der Waals surface area contributed by atoms with Gasteiger partial charge in [-0.15, -0.1) is 0 Å². The molecule has 0 spiro atoms. The van der Waals surface area contributed by atoms with Crippen LogP contribution in [0.2, 0.25) is 10.0 Å². The molecule has 0 aliphatic carbocycles. The van der Waals surface area contributed by atoms with Crippen molar-refractivity contribution in [2.75, 3.05) is 23.8 Å². The molecule has 52 heavy (non-hydrogen) atoms. The topological polar surface area (TPSA) is 141 Å². The monoisotopic (exact) mass is 984 g/mol. The van der Waals surface area contributed by atoms with Crippen molar-refractivity contribution in [2.24, 2.45) is 0 Å². The second-order valence-electron chi connectivity index (χ2n) is 12.0. The standard InChI is InChI=1S/2C18H19ClFIN2O3/c1-10-6-11(21)4-5-15(10)22-16-8-14(20)13(19)7-12(16)17(25)23-26-18(2,3)9-24;1-3-12(9-24)26-23-18(25)13-7-14(19)15(20)8-17(13)22-16-5-4-11(21)6-10(16)2/h4-8,22,24H,9H2,1-3H3,(H,23,25);4-8,12,22,24H,3,9H2,1-2H3,(H,23,25). The number of carbonyl (C=O) groups is 2. The minimum absolute atomic E-state index is 0.114. The highest BCUT2D eigenvalue weighted by molar-refractivity contribution is 14.1. The summed E-state index contributed by atoms with van der Waals surface area (Å²) in [4.78, 5) is 35.3. The fraction of sp³-hybridized carbons (Fsp3) is 0.278. The number of aryl methyl sites for hydroxylation is 2. The van der Waals surface area contributed by atoms with E-state index in [4.69, 9.17) is 38.0 Å². The molecule has 0 bridgehead atoms. The van der Waals surface area contributed by atoms with E-state index < -0.39 is 35.2 Å². The number of amides is 2. The van der Waals surface area contributed by atoms with Crippen molar-refractivity contribution in [2.45, 2.75) is 52.7 Å². The number of carbonyl (C=O) groups excluding carboxylic acids is 2. The van der Waals surface area contributed by atoms with Crippen LogP contribution in [0.25, 0.3) is 0 Å². The largest absolute Gasteiger partial charge is 0.394 e. The summed E-state index contributed by atoms with van der Waals surface area (Å²) in [6.45, 7) is 8.33. The van der Waals surface area contributed by atoms with E-state index in [2.05, 4.69) is 66.8 Å². The van der Waals surface area contributed by atoms with Crippen molar-refractivity contribution in [3.8, 4) is 0 Å². The van der Waals surface area contributed by atoms with E-state index in [0.29, 0.717) is 6.42 Å². The van der Waals surface area contributed by atoms with E-state index in [1.54, 1.807) is 13.8 Å². The van der Waals surface area contributed by atoms with Crippen LogP contribution in [0, 0.1) is 32.6 Å². The molecule has 280 valence electrons. The maximum atomic E-state index is 14.0. The molecule has 0 radical (unpaired) electrons. The third kappa shape index (κ3) is 12.6. The minimum Gasteiger partial charge on any atom is -0.394 e. The lowest BCUT2D eigenvalue weighted by Crippen LogP contribution is -2.38. The van der Waals surface area contributed by atoms with Gasteiger partial charge in [-0.2, -0.15) is 0 Å². The third-order valence-electron chi connectivity index (χ3n) is 7.30. The summed E-state index contributed by atoms with van der Waals surface area (Å²) in [5.41, 5.74) is 7.69. The Morgan fingerprint density at radius 1 is 0.769 bits per heavy atom. The molecule has 1 unspecified atom stereocenters. The summed E-state index contributed by atoms with van der Waals surface area (Å²) in [7, 11) is 0. The quantitative estimate of drug-likeness (QED) is 0.0576. The first-order valence-corrected chi connectivity index (χ1v) is 18.6. The van der Waals surface area contributed by atoms with Crippen LogP contribution in [-0.2, 0) is 9.68 Å². The Kier molecular flexibility index (Phi) is 16.8. The highest BCUT2D eigenvalue weighted by atomic mass is 127. The van der Waals surface area contributed by atoms with Gasteiger partial charge in [-0.1, -0.05) is 30.1 Å². The van der Waals surface area contributed by atoms with E-state index >= 15 is 0 Å². The minimum atomic E-state index is -0.959. The van der Waals surface area contributed by atoms with Gasteiger partial charge < -0.3 is 20.8 Å². The Morgan fingerprint density at radius 2 is 1.21 bits per heavy atom. The van der Waals surface area contributed by atoms with Crippen LogP contribution in [0.1, 0.15) is 59.0 Å². The van der Waals surface area contributed by atoms with Crippen molar-refractivity contribution < 1.29 is 38.3 Å². The third-order valence-corrected chi connectivity index (χ3v) is 9.23. The summed E-state index contributed by atoms with van der Waals surface area (Å²) < 4.78 is 30.0. The van der Waals surface area contributed by atoms with E-state index in [1.807, 2.05) is 57.2 Å². The van der Waals surface area contributed by atoms with Gasteiger partial charge in [-0.3, -0.25) is 19.3 Å². The van der Waals surface area contributed by atoms with Gasteiger partial charge in [0, 0.05) is 18.5 Å². The normalized spacial score (nSPS) is 11.6. The highest BCUT2D eigenvalue weighted by Crippen LogP contribution is 2.31. The Bertz CT molecular complexity index is 1900.